The maximum atomic E-state index is 11.0. The van der Waals surface area contributed by atoms with E-state index in [1.165, 1.54) is 6.92 Å². The molecule has 20 heavy (non-hydrogen) atoms. The lowest BCUT2D eigenvalue weighted by Crippen LogP contribution is -2.36. The molecule has 2 atom stereocenters. The summed E-state index contributed by atoms with van der Waals surface area (Å²) in [6.07, 6.45) is -0.899. The number of aliphatic hydroxyl groups excluding tert-OH is 2. The molecule has 1 heterocycles. The second-order valence-corrected chi connectivity index (χ2v) is 5.30. The summed E-state index contributed by atoms with van der Waals surface area (Å²) in [5, 5.41) is 19.1. The number of rotatable bonds is 6. The zero-order valence-corrected chi connectivity index (χ0v) is 11.7. The largest absolute Gasteiger partial charge is 0.449 e. The summed E-state index contributed by atoms with van der Waals surface area (Å²) >= 11 is 0. The Bertz CT molecular complexity index is 460. The Labute approximate surface area is 118 Å². The van der Waals surface area contributed by atoms with Gasteiger partial charge in [0.15, 0.2) is 17.3 Å². The molecule has 1 aromatic rings. The van der Waals surface area contributed by atoms with E-state index in [4.69, 9.17) is 9.47 Å². The number of hydrogen-bond donors (Lipinski definition) is 2. The standard InChI is InChI=1S/C15H20O5/c1-10(16)14(18)11(17)6-5-9-15(2)19-12-7-3-4-8-13(12)20-15/h3-4,7-8,11,14,17-18H,5-6,9H2,1-2H3/t11-,14-/m0/s1. The molecule has 0 radical (unpaired) electrons. The molecule has 0 saturated carbocycles. The van der Waals surface area contributed by atoms with E-state index in [9.17, 15) is 15.0 Å². The Morgan fingerprint density at radius 1 is 1.25 bits per heavy atom. The van der Waals surface area contributed by atoms with Crippen molar-refractivity contribution < 1.29 is 24.5 Å². The van der Waals surface area contributed by atoms with Crippen LogP contribution in [-0.2, 0) is 4.79 Å². The monoisotopic (exact) mass is 280 g/mol. The van der Waals surface area contributed by atoms with Crippen LogP contribution in [0.25, 0.3) is 0 Å². The summed E-state index contributed by atoms with van der Waals surface area (Å²) in [6.45, 7) is 3.09. The zero-order valence-electron chi connectivity index (χ0n) is 11.7. The van der Waals surface area contributed by atoms with E-state index in [-0.39, 0.29) is 0 Å². The van der Waals surface area contributed by atoms with Crippen molar-refractivity contribution in [3.05, 3.63) is 24.3 Å². The van der Waals surface area contributed by atoms with E-state index in [2.05, 4.69) is 0 Å². The topological polar surface area (TPSA) is 76.0 Å². The number of aliphatic hydroxyl groups is 2. The van der Waals surface area contributed by atoms with Crippen molar-refractivity contribution in [3.8, 4) is 11.5 Å². The molecule has 1 aromatic carbocycles. The van der Waals surface area contributed by atoms with Gasteiger partial charge in [0, 0.05) is 13.3 Å². The molecular weight excluding hydrogens is 260 g/mol. The fourth-order valence-electron chi connectivity index (χ4n) is 2.27. The van der Waals surface area contributed by atoms with E-state index in [1.807, 2.05) is 31.2 Å². The Morgan fingerprint density at radius 2 is 1.80 bits per heavy atom. The number of fused-ring (bicyclic) bond motifs is 1. The van der Waals surface area contributed by atoms with Gasteiger partial charge in [0.2, 0.25) is 5.79 Å². The number of ether oxygens (including phenoxy) is 2. The summed E-state index contributed by atoms with van der Waals surface area (Å²) in [4.78, 5) is 11.0. The van der Waals surface area contributed by atoms with Crippen LogP contribution in [0.4, 0.5) is 0 Å². The normalized spacial score (nSPS) is 18.6. The minimum atomic E-state index is -1.31. The SMILES string of the molecule is CC(=O)[C@H](O)[C@@H](O)CCCC1(C)Oc2ccccc2O1. The molecule has 2 rings (SSSR count). The summed E-state index contributed by atoms with van der Waals surface area (Å²) < 4.78 is 11.5. The van der Waals surface area contributed by atoms with Crippen LogP contribution >= 0.6 is 0 Å². The molecule has 0 bridgehead atoms. The van der Waals surface area contributed by atoms with E-state index in [0.29, 0.717) is 30.8 Å². The van der Waals surface area contributed by atoms with Crippen LogP contribution in [-0.4, -0.2) is 34.0 Å². The predicted octanol–water partition coefficient (Wildman–Crippen LogP) is 1.66. The van der Waals surface area contributed by atoms with Crippen molar-refractivity contribution >= 4 is 5.78 Å². The first-order valence-electron chi connectivity index (χ1n) is 6.75. The van der Waals surface area contributed by atoms with Crippen LogP contribution in [0, 0.1) is 0 Å². The van der Waals surface area contributed by atoms with Gasteiger partial charge < -0.3 is 19.7 Å². The molecule has 1 aliphatic rings. The average molecular weight is 280 g/mol. The second-order valence-electron chi connectivity index (χ2n) is 5.30. The summed E-state index contributed by atoms with van der Waals surface area (Å²) in [7, 11) is 0. The number of ketones is 1. The van der Waals surface area contributed by atoms with Crippen molar-refractivity contribution in [2.75, 3.05) is 0 Å². The molecule has 5 heteroatoms. The second kappa shape index (κ2) is 5.81. The number of para-hydroxylation sites is 2. The number of carbonyl (C=O) groups excluding carboxylic acids is 1. The smallest absolute Gasteiger partial charge is 0.248 e. The van der Waals surface area contributed by atoms with Crippen molar-refractivity contribution in [2.24, 2.45) is 0 Å². The zero-order chi connectivity index (χ0) is 14.8. The number of benzene rings is 1. The highest BCUT2D eigenvalue weighted by Crippen LogP contribution is 2.40. The summed E-state index contributed by atoms with van der Waals surface area (Å²) in [5.41, 5.74) is 0. The molecule has 2 N–H and O–H groups in total. The lowest BCUT2D eigenvalue weighted by atomic mass is 10.0. The van der Waals surface area contributed by atoms with Gasteiger partial charge in [-0.2, -0.15) is 0 Å². The maximum absolute atomic E-state index is 11.0. The molecule has 5 nitrogen and oxygen atoms in total. The lowest BCUT2D eigenvalue weighted by molar-refractivity contribution is -0.131. The maximum Gasteiger partial charge on any atom is 0.248 e. The molecule has 0 fully saturated rings. The molecule has 110 valence electrons. The third-order valence-corrected chi connectivity index (χ3v) is 3.41. The first kappa shape index (κ1) is 14.8. The van der Waals surface area contributed by atoms with Gasteiger partial charge in [0.25, 0.3) is 0 Å². The molecule has 0 aromatic heterocycles. The van der Waals surface area contributed by atoms with Crippen LogP contribution < -0.4 is 9.47 Å². The van der Waals surface area contributed by atoms with Crippen molar-refractivity contribution in [2.45, 2.75) is 51.1 Å². The van der Waals surface area contributed by atoms with Gasteiger partial charge in [-0.15, -0.1) is 0 Å². The fourth-order valence-corrected chi connectivity index (χ4v) is 2.27. The quantitative estimate of drug-likeness (QED) is 0.828. The third kappa shape index (κ3) is 3.29. The Kier molecular flexibility index (Phi) is 4.30. The number of carbonyl (C=O) groups is 1. The molecule has 1 aliphatic heterocycles. The Balaban J connectivity index is 1.82. The molecule has 0 aliphatic carbocycles. The van der Waals surface area contributed by atoms with Crippen molar-refractivity contribution in [1.29, 1.82) is 0 Å². The Morgan fingerprint density at radius 3 is 2.30 bits per heavy atom. The predicted molar refractivity (Wildman–Crippen MR) is 72.6 cm³/mol. The van der Waals surface area contributed by atoms with Crippen LogP contribution in [0.5, 0.6) is 11.5 Å². The van der Waals surface area contributed by atoms with Gasteiger partial charge in [0.1, 0.15) is 6.10 Å². The van der Waals surface area contributed by atoms with Gasteiger partial charge in [-0.1, -0.05) is 12.1 Å². The van der Waals surface area contributed by atoms with Crippen LogP contribution in [0.3, 0.4) is 0 Å². The number of Topliss-reactive ketones (excluding diaryl/α,β-unsaturated/α-hetero) is 1. The molecular formula is C15H20O5. The van der Waals surface area contributed by atoms with Crippen LogP contribution in [0.15, 0.2) is 24.3 Å². The average Bonchev–Trinajstić information content (AvgIpc) is 2.73. The van der Waals surface area contributed by atoms with Crippen LogP contribution in [0.1, 0.15) is 33.1 Å². The van der Waals surface area contributed by atoms with Gasteiger partial charge >= 0.3 is 0 Å². The van der Waals surface area contributed by atoms with E-state index < -0.39 is 23.8 Å². The molecule has 0 amide bonds. The van der Waals surface area contributed by atoms with Crippen LogP contribution in [0.2, 0.25) is 0 Å². The van der Waals surface area contributed by atoms with E-state index >= 15 is 0 Å². The molecule has 0 spiro atoms. The third-order valence-electron chi connectivity index (χ3n) is 3.41. The highest BCUT2D eigenvalue weighted by Gasteiger charge is 2.36. The van der Waals surface area contributed by atoms with Crippen molar-refractivity contribution in [3.63, 3.8) is 0 Å². The molecule has 0 unspecified atom stereocenters. The van der Waals surface area contributed by atoms with Crippen molar-refractivity contribution in [1.82, 2.24) is 0 Å². The van der Waals surface area contributed by atoms with E-state index in [0.717, 1.165) is 0 Å². The highest BCUT2D eigenvalue weighted by molar-refractivity contribution is 5.80. The minimum Gasteiger partial charge on any atom is -0.449 e. The van der Waals surface area contributed by atoms with Gasteiger partial charge in [0.05, 0.1) is 6.10 Å². The first-order valence-corrected chi connectivity index (χ1v) is 6.75. The fraction of sp³-hybridized carbons (Fsp3) is 0.533. The lowest BCUT2D eigenvalue weighted by Gasteiger charge is -2.24. The number of hydrogen-bond acceptors (Lipinski definition) is 5. The summed E-state index contributed by atoms with van der Waals surface area (Å²) in [5.74, 6) is 0.230. The van der Waals surface area contributed by atoms with Gasteiger partial charge in [-0.25, -0.2) is 0 Å². The first-order chi connectivity index (χ1) is 9.41. The summed E-state index contributed by atoms with van der Waals surface area (Å²) in [6, 6.07) is 7.44. The van der Waals surface area contributed by atoms with Gasteiger partial charge in [-0.05, 0) is 31.9 Å². The van der Waals surface area contributed by atoms with Gasteiger partial charge in [-0.3, -0.25) is 4.79 Å². The highest BCUT2D eigenvalue weighted by atomic mass is 16.7. The van der Waals surface area contributed by atoms with E-state index in [1.54, 1.807) is 0 Å². The minimum absolute atomic E-state index is 0.319. The Hall–Kier alpha value is -1.59. The molecule has 0 saturated heterocycles.